The number of nitrogens with zero attached hydrogens (tertiary/aromatic N) is 1. The van der Waals surface area contributed by atoms with Crippen molar-refractivity contribution in [1.29, 1.82) is 0 Å². The van der Waals surface area contributed by atoms with Gasteiger partial charge in [0.05, 0.1) is 0 Å². The van der Waals surface area contributed by atoms with E-state index in [9.17, 15) is 4.79 Å². The Morgan fingerprint density at radius 2 is 1.94 bits per heavy atom. The Bertz CT molecular complexity index is 335. The van der Waals surface area contributed by atoms with Crippen molar-refractivity contribution in [2.24, 2.45) is 17.8 Å². The molecule has 2 rings (SSSR count). The molecule has 0 saturated carbocycles. The van der Waals surface area contributed by atoms with E-state index in [2.05, 4.69) is 32.1 Å². The normalized spacial score (nSPS) is 33.0. The third kappa shape index (κ3) is 3.72. The van der Waals surface area contributed by atoms with Gasteiger partial charge in [-0.05, 0) is 49.5 Å². The second kappa shape index (κ2) is 6.21. The molecule has 3 atom stereocenters. The third-order valence-electron chi connectivity index (χ3n) is 4.00. The average Bonchev–Trinajstić information content (AvgIpc) is 2.36. The van der Waals surface area contributed by atoms with Gasteiger partial charge in [0.15, 0.2) is 0 Å². The highest BCUT2D eigenvalue weighted by Crippen LogP contribution is 2.22. The van der Waals surface area contributed by atoms with Gasteiger partial charge in [0.1, 0.15) is 0 Å². The number of piperidine rings is 1. The van der Waals surface area contributed by atoms with Crippen LogP contribution in [0.3, 0.4) is 0 Å². The lowest BCUT2D eigenvalue weighted by atomic mass is 9.91. The number of carbonyl (C=O) groups is 1. The fraction of sp³-hybridized carbons (Fsp3) is 0.688. The molecule has 0 aromatic heterocycles. The molecule has 2 aliphatic rings. The first-order valence-electron chi connectivity index (χ1n) is 7.27. The summed E-state index contributed by atoms with van der Waals surface area (Å²) in [6.45, 7) is 6.34. The topological polar surface area (TPSA) is 20.3 Å². The minimum absolute atomic E-state index is 0.211. The molecule has 0 N–H and O–H groups in total. The average molecular weight is 247 g/mol. The molecule has 1 saturated heterocycles. The van der Waals surface area contributed by atoms with Crippen LogP contribution in [0.15, 0.2) is 24.3 Å². The summed E-state index contributed by atoms with van der Waals surface area (Å²) in [6, 6.07) is 0. The smallest absolute Gasteiger partial charge is 0.246 e. The highest BCUT2D eigenvalue weighted by molar-refractivity contribution is 5.87. The first-order chi connectivity index (χ1) is 8.65. The molecule has 0 bridgehead atoms. The van der Waals surface area contributed by atoms with Crippen molar-refractivity contribution in [3.63, 3.8) is 0 Å². The standard InChI is InChI=1S/C16H25NO/c1-13-10-14(2)12-17(11-13)16(18)9-8-15-6-4-3-5-7-15/h3-4,8-9,13-15H,5-7,10-12H2,1-2H3/b9-8+. The van der Waals surface area contributed by atoms with Crippen LogP contribution in [-0.2, 0) is 4.79 Å². The molecule has 100 valence electrons. The highest BCUT2D eigenvalue weighted by Gasteiger charge is 2.24. The molecule has 1 fully saturated rings. The van der Waals surface area contributed by atoms with Crippen LogP contribution in [0, 0.1) is 17.8 Å². The molecule has 0 radical (unpaired) electrons. The molecule has 18 heavy (non-hydrogen) atoms. The third-order valence-corrected chi connectivity index (χ3v) is 4.00. The van der Waals surface area contributed by atoms with Gasteiger partial charge < -0.3 is 4.90 Å². The van der Waals surface area contributed by atoms with Crippen LogP contribution in [0.5, 0.6) is 0 Å². The van der Waals surface area contributed by atoms with E-state index in [1.165, 1.54) is 12.8 Å². The van der Waals surface area contributed by atoms with E-state index < -0.39 is 0 Å². The zero-order valence-corrected chi connectivity index (χ0v) is 11.6. The van der Waals surface area contributed by atoms with Crippen molar-refractivity contribution >= 4 is 5.91 Å². The fourth-order valence-electron chi connectivity index (χ4n) is 3.16. The molecule has 0 aromatic carbocycles. The Morgan fingerprint density at radius 3 is 2.56 bits per heavy atom. The van der Waals surface area contributed by atoms with Crippen LogP contribution >= 0.6 is 0 Å². The van der Waals surface area contributed by atoms with Crippen LogP contribution in [0.25, 0.3) is 0 Å². The second-order valence-corrected chi connectivity index (χ2v) is 6.09. The Labute approximate surface area is 111 Å². The quantitative estimate of drug-likeness (QED) is 0.541. The molecule has 1 amide bonds. The van der Waals surface area contributed by atoms with Crippen molar-refractivity contribution in [2.45, 2.75) is 39.5 Å². The summed E-state index contributed by atoms with van der Waals surface area (Å²) in [5.41, 5.74) is 0. The summed E-state index contributed by atoms with van der Waals surface area (Å²) in [7, 11) is 0. The van der Waals surface area contributed by atoms with Gasteiger partial charge in [0.25, 0.3) is 0 Å². The SMILES string of the molecule is CC1CC(C)CN(C(=O)/C=C/C2CC=CCC2)C1. The van der Waals surface area contributed by atoms with E-state index in [0.717, 1.165) is 25.9 Å². The molecule has 1 heterocycles. The van der Waals surface area contributed by atoms with Gasteiger partial charge in [-0.1, -0.05) is 32.1 Å². The lowest BCUT2D eigenvalue weighted by Crippen LogP contribution is -2.41. The van der Waals surface area contributed by atoms with E-state index >= 15 is 0 Å². The minimum atomic E-state index is 0.211. The summed E-state index contributed by atoms with van der Waals surface area (Å²) in [4.78, 5) is 14.2. The Morgan fingerprint density at radius 1 is 1.22 bits per heavy atom. The maximum Gasteiger partial charge on any atom is 0.246 e. The van der Waals surface area contributed by atoms with Crippen molar-refractivity contribution in [2.75, 3.05) is 13.1 Å². The van der Waals surface area contributed by atoms with Crippen LogP contribution in [-0.4, -0.2) is 23.9 Å². The van der Waals surface area contributed by atoms with E-state index in [1.54, 1.807) is 0 Å². The number of carbonyl (C=O) groups excluding carboxylic acids is 1. The van der Waals surface area contributed by atoms with Crippen molar-refractivity contribution in [1.82, 2.24) is 4.90 Å². The van der Waals surface area contributed by atoms with Gasteiger partial charge in [-0.15, -0.1) is 0 Å². The molecule has 1 aliphatic carbocycles. The number of likely N-dealkylation sites (tertiary alicyclic amines) is 1. The van der Waals surface area contributed by atoms with Crippen molar-refractivity contribution in [3.05, 3.63) is 24.3 Å². The Kier molecular flexibility index (Phi) is 4.62. The molecule has 0 spiro atoms. The molecule has 3 unspecified atom stereocenters. The monoisotopic (exact) mass is 247 g/mol. The highest BCUT2D eigenvalue weighted by atomic mass is 16.2. The second-order valence-electron chi connectivity index (χ2n) is 6.09. The maximum atomic E-state index is 12.2. The number of allylic oxidation sites excluding steroid dienone is 3. The number of rotatable bonds is 2. The zero-order valence-electron chi connectivity index (χ0n) is 11.6. The van der Waals surface area contributed by atoms with Gasteiger partial charge >= 0.3 is 0 Å². The Balaban J connectivity index is 1.86. The van der Waals surface area contributed by atoms with Gasteiger partial charge in [-0.3, -0.25) is 4.79 Å². The van der Waals surface area contributed by atoms with Gasteiger partial charge in [0.2, 0.25) is 5.91 Å². The molecular weight excluding hydrogens is 222 g/mol. The van der Waals surface area contributed by atoms with Crippen LogP contribution in [0.1, 0.15) is 39.5 Å². The summed E-state index contributed by atoms with van der Waals surface area (Å²) < 4.78 is 0. The van der Waals surface area contributed by atoms with Crippen molar-refractivity contribution < 1.29 is 4.79 Å². The maximum absolute atomic E-state index is 12.2. The largest absolute Gasteiger partial charge is 0.339 e. The predicted octanol–water partition coefficient (Wildman–Crippen LogP) is 3.40. The molecule has 1 aliphatic heterocycles. The summed E-state index contributed by atoms with van der Waals surface area (Å²) in [5.74, 6) is 2.06. The van der Waals surface area contributed by atoms with Crippen LogP contribution in [0.4, 0.5) is 0 Å². The first kappa shape index (κ1) is 13.4. The van der Waals surface area contributed by atoms with Gasteiger partial charge in [-0.25, -0.2) is 0 Å². The number of hydrogen-bond donors (Lipinski definition) is 0. The zero-order chi connectivity index (χ0) is 13.0. The van der Waals surface area contributed by atoms with Crippen molar-refractivity contribution in [3.8, 4) is 0 Å². The van der Waals surface area contributed by atoms with Crippen LogP contribution in [0.2, 0.25) is 0 Å². The van der Waals surface area contributed by atoms with E-state index in [0.29, 0.717) is 17.8 Å². The summed E-state index contributed by atoms with van der Waals surface area (Å²) in [6.07, 6.45) is 13.1. The van der Waals surface area contributed by atoms with E-state index in [1.807, 2.05) is 11.0 Å². The molecule has 2 nitrogen and oxygen atoms in total. The molecule has 2 heteroatoms. The first-order valence-corrected chi connectivity index (χ1v) is 7.27. The molecule has 0 aromatic rings. The minimum Gasteiger partial charge on any atom is -0.339 e. The van der Waals surface area contributed by atoms with E-state index in [-0.39, 0.29) is 5.91 Å². The Hall–Kier alpha value is -1.05. The van der Waals surface area contributed by atoms with Crippen LogP contribution < -0.4 is 0 Å². The number of hydrogen-bond acceptors (Lipinski definition) is 1. The van der Waals surface area contributed by atoms with Gasteiger partial charge in [0, 0.05) is 13.1 Å². The lowest BCUT2D eigenvalue weighted by Gasteiger charge is -2.34. The summed E-state index contributed by atoms with van der Waals surface area (Å²) in [5, 5.41) is 0. The summed E-state index contributed by atoms with van der Waals surface area (Å²) >= 11 is 0. The fourth-order valence-corrected chi connectivity index (χ4v) is 3.16. The van der Waals surface area contributed by atoms with Gasteiger partial charge in [-0.2, -0.15) is 0 Å². The lowest BCUT2D eigenvalue weighted by molar-refractivity contribution is -0.128. The number of amides is 1. The molecular formula is C16H25NO. The van der Waals surface area contributed by atoms with E-state index in [4.69, 9.17) is 0 Å². The predicted molar refractivity (Wildman–Crippen MR) is 75.1 cm³/mol.